The topological polar surface area (TPSA) is 96.8 Å². The van der Waals surface area contributed by atoms with E-state index in [4.69, 9.17) is 5.26 Å². The second-order valence-electron chi connectivity index (χ2n) is 5.68. The Morgan fingerprint density at radius 2 is 2.17 bits per heavy atom. The number of nitrogens with one attached hydrogen (secondary N) is 1. The molecule has 2 aromatic rings. The summed E-state index contributed by atoms with van der Waals surface area (Å²) in [5, 5.41) is 27.6. The summed E-state index contributed by atoms with van der Waals surface area (Å²) in [5.74, 6) is 0. The minimum absolute atomic E-state index is 0.0855. The lowest BCUT2D eigenvalue weighted by Gasteiger charge is -2.09. The molecule has 1 saturated carbocycles. The molecule has 0 bridgehead atoms. The summed E-state index contributed by atoms with van der Waals surface area (Å²) >= 11 is 0. The van der Waals surface area contributed by atoms with E-state index in [1.165, 1.54) is 37.8 Å². The first-order chi connectivity index (χ1) is 11.2. The number of nitro benzene ring substituents is 1. The number of benzene rings is 1. The second kappa shape index (κ2) is 6.48. The average molecular weight is 311 g/mol. The molecule has 0 atom stereocenters. The molecule has 1 fully saturated rings. The molecular weight excluding hydrogens is 294 g/mol. The van der Waals surface area contributed by atoms with Crippen LogP contribution in [-0.2, 0) is 6.54 Å². The van der Waals surface area contributed by atoms with Gasteiger partial charge in [-0.25, -0.2) is 0 Å². The molecule has 118 valence electrons. The van der Waals surface area contributed by atoms with Crippen LogP contribution in [0.3, 0.4) is 0 Å². The van der Waals surface area contributed by atoms with E-state index in [0.29, 0.717) is 18.3 Å². The van der Waals surface area contributed by atoms with Gasteiger partial charge in [-0.15, -0.1) is 0 Å². The molecule has 7 nitrogen and oxygen atoms in total. The molecule has 0 radical (unpaired) electrons. The third-order valence-corrected chi connectivity index (χ3v) is 4.16. The minimum atomic E-state index is -0.506. The molecule has 3 rings (SSSR count). The number of aromatic nitrogens is 2. The van der Waals surface area contributed by atoms with Crippen molar-refractivity contribution in [2.45, 2.75) is 38.3 Å². The van der Waals surface area contributed by atoms with Crippen molar-refractivity contribution in [3.63, 3.8) is 0 Å². The van der Waals surface area contributed by atoms with Gasteiger partial charge in [0, 0.05) is 18.3 Å². The van der Waals surface area contributed by atoms with Crippen molar-refractivity contribution < 1.29 is 4.92 Å². The van der Waals surface area contributed by atoms with E-state index in [9.17, 15) is 10.1 Å². The summed E-state index contributed by atoms with van der Waals surface area (Å²) < 4.78 is 2.02. The lowest BCUT2D eigenvalue weighted by Crippen LogP contribution is -2.07. The van der Waals surface area contributed by atoms with Gasteiger partial charge in [0.2, 0.25) is 0 Å². The fourth-order valence-electron chi connectivity index (χ4n) is 2.92. The monoisotopic (exact) mass is 311 g/mol. The summed E-state index contributed by atoms with van der Waals surface area (Å²) in [4.78, 5) is 10.2. The first-order valence-corrected chi connectivity index (χ1v) is 7.64. The zero-order valence-corrected chi connectivity index (χ0v) is 12.6. The van der Waals surface area contributed by atoms with Crippen LogP contribution >= 0.6 is 0 Å². The summed E-state index contributed by atoms with van der Waals surface area (Å²) in [5.41, 5.74) is 1.64. The number of nitriles is 1. The predicted octanol–water partition coefficient (Wildman–Crippen LogP) is 3.39. The third kappa shape index (κ3) is 3.31. The molecule has 0 spiro atoms. The molecule has 0 unspecified atom stereocenters. The van der Waals surface area contributed by atoms with Crippen molar-refractivity contribution in [1.29, 1.82) is 5.26 Å². The molecule has 1 aliphatic carbocycles. The lowest BCUT2D eigenvalue weighted by atomic mass is 10.1. The van der Waals surface area contributed by atoms with Crippen LogP contribution in [0.25, 0.3) is 0 Å². The highest BCUT2D eigenvalue weighted by atomic mass is 16.6. The predicted molar refractivity (Wildman–Crippen MR) is 84.9 cm³/mol. The van der Waals surface area contributed by atoms with E-state index >= 15 is 0 Å². The maximum absolute atomic E-state index is 10.8. The van der Waals surface area contributed by atoms with Crippen molar-refractivity contribution in [3.8, 4) is 6.07 Å². The van der Waals surface area contributed by atoms with E-state index in [0.717, 1.165) is 5.69 Å². The highest BCUT2D eigenvalue weighted by Crippen LogP contribution is 2.29. The van der Waals surface area contributed by atoms with Gasteiger partial charge in [0.05, 0.1) is 34.5 Å². The molecule has 0 aliphatic heterocycles. The van der Waals surface area contributed by atoms with Gasteiger partial charge < -0.3 is 5.32 Å². The van der Waals surface area contributed by atoms with E-state index < -0.39 is 4.92 Å². The number of rotatable bonds is 5. The number of anilines is 1. The summed E-state index contributed by atoms with van der Waals surface area (Å²) in [7, 11) is 0. The van der Waals surface area contributed by atoms with Gasteiger partial charge >= 0.3 is 0 Å². The zero-order valence-electron chi connectivity index (χ0n) is 12.6. The number of nitrogens with zero attached hydrogens (tertiary/aromatic N) is 4. The molecule has 1 N–H and O–H groups in total. The van der Waals surface area contributed by atoms with Gasteiger partial charge in [0.1, 0.15) is 6.07 Å². The summed E-state index contributed by atoms with van der Waals surface area (Å²) in [6.45, 7) is 0.478. The Hall–Kier alpha value is -2.88. The van der Waals surface area contributed by atoms with Crippen molar-refractivity contribution in [1.82, 2.24) is 9.78 Å². The SMILES string of the molecule is N#Cc1cc([N+](=O)[O-])ccc1NCc1ccn(C2CCCC2)n1. The normalized spacial score (nSPS) is 14.6. The van der Waals surface area contributed by atoms with Crippen LogP contribution in [0, 0.1) is 21.4 Å². The van der Waals surface area contributed by atoms with E-state index in [2.05, 4.69) is 10.4 Å². The van der Waals surface area contributed by atoms with E-state index in [1.54, 1.807) is 6.07 Å². The molecule has 1 aromatic heterocycles. The summed E-state index contributed by atoms with van der Waals surface area (Å²) in [6.07, 6.45) is 6.86. The van der Waals surface area contributed by atoms with Crippen LogP contribution in [0.2, 0.25) is 0 Å². The van der Waals surface area contributed by atoms with E-state index in [-0.39, 0.29) is 11.3 Å². The van der Waals surface area contributed by atoms with Crippen molar-refractivity contribution >= 4 is 11.4 Å². The first kappa shape index (κ1) is 15.0. The second-order valence-corrected chi connectivity index (χ2v) is 5.68. The number of hydrogen-bond donors (Lipinski definition) is 1. The largest absolute Gasteiger partial charge is 0.378 e. The molecular formula is C16H17N5O2. The van der Waals surface area contributed by atoms with Gasteiger partial charge in [-0.1, -0.05) is 12.8 Å². The van der Waals surface area contributed by atoms with Crippen LogP contribution in [0.1, 0.15) is 43.0 Å². The summed E-state index contributed by atoms with van der Waals surface area (Å²) in [6, 6.07) is 8.67. The maximum Gasteiger partial charge on any atom is 0.270 e. The third-order valence-electron chi connectivity index (χ3n) is 4.16. The fraction of sp³-hybridized carbons (Fsp3) is 0.375. The van der Waals surface area contributed by atoms with Gasteiger partial charge in [-0.2, -0.15) is 10.4 Å². The van der Waals surface area contributed by atoms with Gasteiger partial charge in [0.25, 0.3) is 5.69 Å². The Morgan fingerprint density at radius 3 is 2.87 bits per heavy atom. The van der Waals surface area contributed by atoms with Crippen molar-refractivity contribution in [2.75, 3.05) is 5.32 Å². The standard InChI is InChI=1S/C16H17N5O2/c17-10-12-9-15(21(22)23)5-6-16(12)18-11-13-7-8-20(19-13)14-3-1-2-4-14/h5-9,14,18H,1-4,11H2. The molecule has 23 heavy (non-hydrogen) atoms. The smallest absolute Gasteiger partial charge is 0.270 e. The van der Waals surface area contributed by atoms with Crippen LogP contribution in [0.5, 0.6) is 0 Å². The highest BCUT2D eigenvalue weighted by molar-refractivity contribution is 5.61. The number of hydrogen-bond acceptors (Lipinski definition) is 5. The molecule has 1 aliphatic rings. The Balaban J connectivity index is 1.68. The number of nitro groups is 1. The van der Waals surface area contributed by atoms with Gasteiger partial charge in [-0.05, 0) is 25.0 Å². The Labute approximate surface area is 133 Å². The highest BCUT2D eigenvalue weighted by Gasteiger charge is 2.17. The van der Waals surface area contributed by atoms with Crippen LogP contribution in [0.15, 0.2) is 30.5 Å². The fourth-order valence-corrected chi connectivity index (χ4v) is 2.92. The molecule has 0 amide bonds. The average Bonchev–Trinajstić information content (AvgIpc) is 3.23. The molecule has 0 saturated heterocycles. The zero-order chi connectivity index (χ0) is 16.2. The Kier molecular flexibility index (Phi) is 4.24. The van der Waals surface area contributed by atoms with Crippen molar-refractivity contribution in [3.05, 3.63) is 51.8 Å². The van der Waals surface area contributed by atoms with E-state index in [1.807, 2.05) is 23.0 Å². The minimum Gasteiger partial charge on any atom is -0.378 e. The van der Waals surface area contributed by atoms with Crippen LogP contribution in [0.4, 0.5) is 11.4 Å². The lowest BCUT2D eigenvalue weighted by molar-refractivity contribution is -0.384. The number of non-ortho nitro benzene ring substituents is 1. The van der Waals surface area contributed by atoms with Gasteiger partial charge in [0.15, 0.2) is 0 Å². The van der Waals surface area contributed by atoms with Crippen LogP contribution in [-0.4, -0.2) is 14.7 Å². The molecule has 7 heteroatoms. The molecule has 1 aromatic carbocycles. The van der Waals surface area contributed by atoms with Crippen LogP contribution < -0.4 is 5.32 Å². The quantitative estimate of drug-likeness (QED) is 0.674. The first-order valence-electron chi connectivity index (χ1n) is 7.64. The Bertz CT molecular complexity index is 756. The molecule has 1 heterocycles. The van der Waals surface area contributed by atoms with Crippen molar-refractivity contribution in [2.24, 2.45) is 0 Å². The van der Waals surface area contributed by atoms with Gasteiger partial charge in [-0.3, -0.25) is 14.8 Å². The maximum atomic E-state index is 10.8. The Morgan fingerprint density at radius 1 is 1.39 bits per heavy atom.